The Kier molecular flexibility index (Phi) is 17.2. The van der Waals surface area contributed by atoms with Crippen molar-refractivity contribution < 1.29 is 29.0 Å². The van der Waals surface area contributed by atoms with Gasteiger partial charge in [-0.25, -0.2) is 9.59 Å². The molecule has 12 nitrogen and oxygen atoms in total. The summed E-state index contributed by atoms with van der Waals surface area (Å²) in [6.07, 6.45) is 3.56. The molecule has 0 aliphatic rings. The molecule has 0 fully saturated rings. The van der Waals surface area contributed by atoms with Crippen molar-refractivity contribution in [3.8, 4) is 0 Å². The first-order valence-corrected chi connectivity index (χ1v) is 13.6. The minimum absolute atomic E-state index is 0.194. The predicted octanol–water partition coefficient (Wildman–Crippen LogP) is 1.19. The number of carbonyl (C=O) groups is 4. The van der Waals surface area contributed by atoms with E-state index < -0.39 is 41.9 Å². The predicted molar refractivity (Wildman–Crippen MR) is 148 cm³/mol. The first kappa shape index (κ1) is 33.8. The Hall–Kier alpha value is -3.22. The fourth-order valence-corrected chi connectivity index (χ4v) is 3.85. The highest BCUT2D eigenvalue weighted by Gasteiger charge is 2.29. The van der Waals surface area contributed by atoms with Crippen LogP contribution in [0.25, 0.3) is 0 Å². The average Bonchev–Trinajstić information content (AvgIpc) is 2.91. The quantitative estimate of drug-likeness (QED) is 0.0874. The number of hydrogen-bond acceptors (Lipinski definition) is 7. The van der Waals surface area contributed by atoms with E-state index in [4.69, 9.17) is 16.2 Å². The third-order valence-corrected chi connectivity index (χ3v) is 6.40. The highest BCUT2D eigenvalue weighted by atomic mass is 16.5. The highest BCUT2D eigenvalue weighted by molar-refractivity contribution is 5.92. The molecule has 9 N–H and O–H groups in total. The van der Waals surface area contributed by atoms with Gasteiger partial charge in [0.1, 0.15) is 18.1 Å². The number of hydrogen-bond donors (Lipinski definition) is 7. The summed E-state index contributed by atoms with van der Waals surface area (Å²) in [5.41, 5.74) is 12.0. The summed E-state index contributed by atoms with van der Waals surface area (Å²) in [6.45, 7) is 5.60. The van der Waals surface area contributed by atoms with Gasteiger partial charge in [0.2, 0.25) is 11.8 Å². The van der Waals surface area contributed by atoms with E-state index in [1.807, 2.05) is 37.3 Å². The van der Waals surface area contributed by atoms with Crippen molar-refractivity contribution in [2.24, 2.45) is 17.4 Å². The van der Waals surface area contributed by atoms with Crippen molar-refractivity contribution in [3.05, 3.63) is 35.9 Å². The molecule has 1 rings (SSSR count). The highest BCUT2D eigenvalue weighted by Crippen LogP contribution is 2.09. The topological polar surface area (TPSA) is 198 Å². The summed E-state index contributed by atoms with van der Waals surface area (Å²) in [5, 5.41) is 20.3. The van der Waals surface area contributed by atoms with Gasteiger partial charge >= 0.3 is 12.0 Å². The number of carbonyl (C=O) groups excluding carboxylic acids is 3. The maximum atomic E-state index is 13.1. The number of aliphatic carboxylic acids is 1. The summed E-state index contributed by atoms with van der Waals surface area (Å²) in [6, 6.07) is 6.05. The first-order chi connectivity index (χ1) is 18.7. The molecule has 12 heteroatoms. The number of ether oxygens (including phenoxy) is 1. The molecule has 0 aromatic heterocycles. The molecule has 0 saturated heterocycles. The molecule has 39 heavy (non-hydrogen) atoms. The average molecular weight is 551 g/mol. The summed E-state index contributed by atoms with van der Waals surface area (Å²) < 4.78 is 5.59. The van der Waals surface area contributed by atoms with Crippen LogP contribution in [0.3, 0.4) is 0 Å². The van der Waals surface area contributed by atoms with Crippen LogP contribution in [0.5, 0.6) is 0 Å². The second kappa shape index (κ2) is 19.8. The van der Waals surface area contributed by atoms with E-state index in [0.717, 1.165) is 5.56 Å². The number of carboxylic acid groups (broad SMARTS) is 1. The van der Waals surface area contributed by atoms with Gasteiger partial charge < -0.3 is 37.3 Å². The van der Waals surface area contributed by atoms with Crippen molar-refractivity contribution in [2.75, 3.05) is 19.8 Å². The Morgan fingerprint density at radius 1 is 0.949 bits per heavy atom. The molecule has 0 bridgehead atoms. The van der Waals surface area contributed by atoms with Gasteiger partial charge in [-0.05, 0) is 63.1 Å². The van der Waals surface area contributed by atoms with Crippen LogP contribution >= 0.6 is 0 Å². The van der Waals surface area contributed by atoms with E-state index in [2.05, 4.69) is 21.3 Å². The Labute approximate surface area is 231 Å². The van der Waals surface area contributed by atoms with Gasteiger partial charge in [-0.3, -0.25) is 14.9 Å². The molecular weight excluding hydrogens is 504 g/mol. The lowest BCUT2D eigenvalue weighted by atomic mass is 9.98. The largest absolute Gasteiger partial charge is 0.480 e. The zero-order chi connectivity index (χ0) is 29.0. The minimum atomic E-state index is -1.17. The van der Waals surface area contributed by atoms with Crippen molar-refractivity contribution in [1.82, 2.24) is 21.3 Å². The zero-order valence-electron chi connectivity index (χ0n) is 23.1. The van der Waals surface area contributed by atoms with Gasteiger partial charge in [0.05, 0.1) is 13.3 Å². The SMILES string of the molecule is CC[C@@H](C)C(NC(=O)[C@@H](CCCCNCOCc1ccccc1)NC(=O)N[C@@H](CCCCN)C(=O)O)C(N)=O. The lowest BCUT2D eigenvalue weighted by Crippen LogP contribution is -2.57. The lowest BCUT2D eigenvalue weighted by Gasteiger charge is -2.25. The fraction of sp³-hybridized carbons (Fsp3) is 0.630. The smallest absolute Gasteiger partial charge is 0.326 e. The molecule has 220 valence electrons. The molecule has 1 unspecified atom stereocenters. The molecule has 0 aliphatic heterocycles. The van der Waals surface area contributed by atoms with Gasteiger partial charge in [-0.1, -0.05) is 50.6 Å². The van der Waals surface area contributed by atoms with Crippen LogP contribution in [0.2, 0.25) is 0 Å². The Bertz CT molecular complexity index is 872. The zero-order valence-corrected chi connectivity index (χ0v) is 23.1. The summed E-state index contributed by atoms with van der Waals surface area (Å²) in [4.78, 5) is 49.2. The molecule has 0 aliphatic carbocycles. The number of rotatable bonds is 21. The number of unbranched alkanes of at least 4 members (excludes halogenated alkanes) is 2. The second-order valence-corrected chi connectivity index (χ2v) is 9.59. The number of benzene rings is 1. The van der Waals surface area contributed by atoms with Gasteiger partial charge in [-0.2, -0.15) is 0 Å². The maximum absolute atomic E-state index is 13.1. The van der Waals surface area contributed by atoms with Crippen LogP contribution in [0.1, 0.15) is 64.4 Å². The Balaban J connectivity index is 2.64. The standard InChI is InChI=1S/C27H46N6O6/c1-3-19(2)23(24(29)34)33-25(35)21(31-27(38)32-22(26(36)37)14-7-9-15-28)13-8-10-16-30-18-39-17-20-11-5-4-6-12-20/h4-6,11-12,19,21-23,30H,3,7-10,13-18,28H2,1-2H3,(H2,29,34)(H,33,35)(H,36,37)(H2,31,32,38)/t19-,21-,22+,23?/m1/s1. The van der Waals surface area contributed by atoms with Crippen LogP contribution in [0.15, 0.2) is 30.3 Å². The molecule has 0 heterocycles. The van der Waals surface area contributed by atoms with E-state index in [9.17, 15) is 24.3 Å². The van der Waals surface area contributed by atoms with Gasteiger partial charge in [-0.15, -0.1) is 0 Å². The number of primary amides is 1. The molecule has 1 aromatic rings. The molecule has 1 aromatic carbocycles. The van der Waals surface area contributed by atoms with Crippen LogP contribution in [0.4, 0.5) is 4.79 Å². The van der Waals surface area contributed by atoms with Crippen LogP contribution in [-0.2, 0) is 25.7 Å². The normalized spacial score (nSPS) is 14.0. The Morgan fingerprint density at radius 3 is 2.21 bits per heavy atom. The van der Waals surface area contributed by atoms with Crippen molar-refractivity contribution in [2.45, 2.75) is 83.5 Å². The molecule has 4 atom stereocenters. The molecular formula is C27H46N6O6. The maximum Gasteiger partial charge on any atom is 0.326 e. The summed E-state index contributed by atoms with van der Waals surface area (Å²) in [5.74, 6) is -2.58. The monoisotopic (exact) mass is 550 g/mol. The number of urea groups is 1. The van der Waals surface area contributed by atoms with E-state index >= 15 is 0 Å². The van der Waals surface area contributed by atoms with Crippen molar-refractivity contribution in [3.63, 3.8) is 0 Å². The van der Waals surface area contributed by atoms with Crippen molar-refractivity contribution >= 4 is 23.8 Å². The number of carboxylic acids is 1. The molecule has 4 amide bonds. The third kappa shape index (κ3) is 14.5. The van der Waals surface area contributed by atoms with Crippen LogP contribution in [-0.4, -0.2) is 66.9 Å². The fourth-order valence-electron chi connectivity index (χ4n) is 3.85. The third-order valence-electron chi connectivity index (χ3n) is 6.40. The van der Waals surface area contributed by atoms with Crippen LogP contribution in [0, 0.1) is 5.92 Å². The van der Waals surface area contributed by atoms with Gasteiger partial charge in [0, 0.05) is 0 Å². The summed E-state index contributed by atoms with van der Waals surface area (Å²) in [7, 11) is 0. The molecule has 0 saturated carbocycles. The van der Waals surface area contributed by atoms with Gasteiger partial charge in [0.15, 0.2) is 0 Å². The number of amides is 4. The summed E-state index contributed by atoms with van der Waals surface area (Å²) >= 11 is 0. The van der Waals surface area contributed by atoms with E-state index in [1.54, 1.807) is 6.92 Å². The van der Waals surface area contributed by atoms with Crippen LogP contribution < -0.4 is 32.7 Å². The minimum Gasteiger partial charge on any atom is -0.480 e. The van der Waals surface area contributed by atoms with Crippen molar-refractivity contribution in [1.29, 1.82) is 0 Å². The Morgan fingerprint density at radius 2 is 1.59 bits per heavy atom. The first-order valence-electron chi connectivity index (χ1n) is 13.6. The number of nitrogens with one attached hydrogen (secondary N) is 4. The van der Waals surface area contributed by atoms with E-state index in [1.165, 1.54) is 0 Å². The van der Waals surface area contributed by atoms with E-state index in [-0.39, 0.29) is 18.8 Å². The second-order valence-electron chi connectivity index (χ2n) is 9.59. The van der Waals surface area contributed by atoms with Gasteiger partial charge in [0.25, 0.3) is 0 Å². The van der Waals surface area contributed by atoms with E-state index in [0.29, 0.717) is 58.5 Å². The molecule has 0 spiro atoms. The number of nitrogens with two attached hydrogens (primary N) is 2. The lowest BCUT2D eigenvalue weighted by molar-refractivity contribution is -0.139. The molecule has 0 radical (unpaired) electrons.